The van der Waals surface area contributed by atoms with Crippen molar-refractivity contribution >= 4 is 11.9 Å². The fourth-order valence-electron chi connectivity index (χ4n) is 1.28. The van der Waals surface area contributed by atoms with Crippen LogP contribution in [0, 0.1) is 23.7 Å². The van der Waals surface area contributed by atoms with E-state index >= 15 is 0 Å². The van der Waals surface area contributed by atoms with Gasteiger partial charge in [0.1, 0.15) is 0 Å². The molecule has 4 nitrogen and oxygen atoms in total. The van der Waals surface area contributed by atoms with Gasteiger partial charge in [-0.3, -0.25) is 9.59 Å². The van der Waals surface area contributed by atoms with E-state index in [-0.39, 0.29) is 30.2 Å². The highest BCUT2D eigenvalue weighted by molar-refractivity contribution is 5.79. The van der Waals surface area contributed by atoms with Crippen LogP contribution in [0.1, 0.15) is 34.6 Å². The molecule has 0 spiro atoms. The van der Waals surface area contributed by atoms with E-state index in [4.69, 9.17) is 5.11 Å². The monoisotopic (exact) mass is 229 g/mol. The molecule has 1 amide bonds. The van der Waals surface area contributed by atoms with Gasteiger partial charge in [-0.15, -0.1) is 0 Å². The Labute approximate surface area is 97.4 Å². The van der Waals surface area contributed by atoms with E-state index in [0.29, 0.717) is 0 Å². The lowest BCUT2D eigenvalue weighted by Gasteiger charge is -2.20. The van der Waals surface area contributed by atoms with Gasteiger partial charge in [-0.25, -0.2) is 0 Å². The van der Waals surface area contributed by atoms with Crippen molar-refractivity contribution in [3.63, 3.8) is 0 Å². The van der Waals surface area contributed by atoms with Crippen molar-refractivity contribution in [3.8, 4) is 0 Å². The van der Waals surface area contributed by atoms with Gasteiger partial charge in [-0.2, -0.15) is 0 Å². The third kappa shape index (κ3) is 4.64. The van der Waals surface area contributed by atoms with Crippen molar-refractivity contribution in [1.82, 2.24) is 5.32 Å². The van der Waals surface area contributed by atoms with E-state index in [1.807, 2.05) is 34.6 Å². The SMILES string of the molecule is CC(C)C(C)C(=O)NCC(C(=O)O)C(C)C. The Hall–Kier alpha value is -1.06. The Balaban J connectivity index is 4.22. The molecule has 0 aromatic carbocycles. The number of nitrogens with one attached hydrogen (secondary N) is 1. The summed E-state index contributed by atoms with van der Waals surface area (Å²) in [5, 5.41) is 11.7. The van der Waals surface area contributed by atoms with Crippen LogP contribution in [0.5, 0.6) is 0 Å². The first-order valence-electron chi connectivity index (χ1n) is 5.77. The summed E-state index contributed by atoms with van der Waals surface area (Å²) in [7, 11) is 0. The number of carboxylic acid groups (broad SMARTS) is 1. The van der Waals surface area contributed by atoms with E-state index in [9.17, 15) is 9.59 Å². The molecule has 0 saturated carbocycles. The van der Waals surface area contributed by atoms with Crippen molar-refractivity contribution in [2.45, 2.75) is 34.6 Å². The normalized spacial score (nSPS) is 14.9. The maximum Gasteiger partial charge on any atom is 0.308 e. The largest absolute Gasteiger partial charge is 0.481 e. The molecular weight excluding hydrogens is 206 g/mol. The predicted octanol–water partition coefficient (Wildman–Crippen LogP) is 1.75. The van der Waals surface area contributed by atoms with Crippen molar-refractivity contribution in [2.75, 3.05) is 6.54 Å². The van der Waals surface area contributed by atoms with E-state index in [0.717, 1.165) is 0 Å². The van der Waals surface area contributed by atoms with Gasteiger partial charge in [0, 0.05) is 12.5 Å². The van der Waals surface area contributed by atoms with Gasteiger partial charge in [-0.05, 0) is 11.8 Å². The summed E-state index contributed by atoms with van der Waals surface area (Å²) in [4.78, 5) is 22.5. The topological polar surface area (TPSA) is 66.4 Å². The summed E-state index contributed by atoms with van der Waals surface area (Å²) < 4.78 is 0. The van der Waals surface area contributed by atoms with Gasteiger partial charge < -0.3 is 10.4 Å². The minimum atomic E-state index is -0.854. The highest BCUT2D eigenvalue weighted by atomic mass is 16.4. The smallest absolute Gasteiger partial charge is 0.308 e. The van der Waals surface area contributed by atoms with Crippen LogP contribution < -0.4 is 5.32 Å². The molecule has 16 heavy (non-hydrogen) atoms. The molecule has 94 valence electrons. The quantitative estimate of drug-likeness (QED) is 0.729. The van der Waals surface area contributed by atoms with Crippen molar-refractivity contribution in [1.29, 1.82) is 0 Å². The molecule has 2 unspecified atom stereocenters. The zero-order valence-corrected chi connectivity index (χ0v) is 10.8. The number of aliphatic carboxylic acids is 1. The number of rotatable bonds is 6. The molecule has 0 fully saturated rings. The number of amides is 1. The van der Waals surface area contributed by atoms with E-state index < -0.39 is 11.9 Å². The van der Waals surface area contributed by atoms with Crippen LogP contribution in [0.2, 0.25) is 0 Å². The zero-order valence-electron chi connectivity index (χ0n) is 10.8. The molecule has 4 heteroatoms. The van der Waals surface area contributed by atoms with E-state index in [2.05, 4.69) is 5.32 Å². The van der Waals surface area contributed by atoms with Crippen molar-refractivity contribution in [2.24, 2.45) is 23.7 Å². The molecule has 0 bridgehead atoms. The molecule has 0 radical (unpaired) electrons. The van der Waals surface area contributed by atoms with Crippen LogP contribution >= 0.6 is 0 Å². The Morgan fingerprint density at radius 2 is 1.56 bits per heavy atom. The van der Waals surface area contributed by atoms with Crippen LogP contribution in [0.25, 0.3) is 0 Å². The Morgan fingerprint density at radius 3 is 1.88 bits per heavy atom. The predicted molar refractivity (Wildman–Crippen MR) is 63.0 cm³/mol. The molecule has 0 rings (SSSR count). The van der Waals surface area contributed by atoms with E-state index in [1.165, 1.54) is 0 Å². The average Bonchev–Trinajstić information content (AvgIpc) is 2.15. The minimum Gasteiger partial charge on any atom is -0.481 e. The summed E-state index contributed by atoms with van der Waals surface area (Å²) in [6, 6.07) is 0. The summed E-state index contributed by atoms with van der Waals surface area (Å²) in [5.41, 5.74) is 0. The van der Waals surface area contributed by atoms with Crippen LogP contribution in [0.4, 0.5) is 0 Å². The molecular formula is C12H23NO3. The van der Waals surface area contributed by atoms with Gasteiger partial charge >= 0.3 is 5.97 Å². The third-order valence-electron chi connectivity index (χ3n) is 3.03. The van der Waals surface area contributed by atoms with Gasteiger partial charge in [0.05, 0.1) is 5.92 Å². The molecule has 0 saturated heterocycles. The highest BCUT2D eigenvalue weighted by Gasteiger charge is 2.23. The van der Waals surface area contributed by atoms with Crippen LogP contribution in [0.15, 0.2) is 0 Å². The minimum absolute atomic E-state index is 0.0205. The van der Waals surface area contributed by atoms with Crippen molar-refractivity contribution in [3.05, 3.63) is 0 Å². The number of hydrogen-bond acceptors (Lipinski definition) is 2. The van der Waals surface area contributed by atoms with Gasteiger partial charge in [-0.1, -0.05) is 34.6 Å². The molecule has 0 aromatic heterocycles. The van der Waals surface area contributed by atoms with Crippen molar-refractivity contribution < 1.29 is 14.7 Å². The Morgan fingerprint density at radius 1 is 1.06 bits per heavy atom. The van der Waals surface area contributed by atoms with E-state index in [1.54, 1.807) is 0 Å². The number of hydrogen-bond donors (Lipinski definition) is 2. The standard InChI is InChI=1S/C12H23NO3/c1-7(2)9(5)11(14)13-6-10(8(3)4)12(15)16/h7-10H,6H2,1-5H3,(H,13,14)(H,15,16). The molecule has 0 aromatic rings. The lowest BCUT2D eigenvalue weighted by atomic mass is 9.94. The number of carbonyl (C=O) groups is 2. The lowest BCUT2D eigenvalue weighted by Crippen LogP contribution is -2.39. The fourth-order valence-corrected chi connectivity index (χ4v) is 1.28. The van der Waals surface area contributed by atoms with Gasteiger partial charge in [0.25, 0.3) is 0 Å². The summed E-state index contributed by atoms with van der Waals surface area (Å²) in [6.07, 6.45) is 0. The second-order valence-corrected chi connectivity index (χ2v) is 4.97. The van der Waals surface area contributed by atoms with Crippen LogP contribution in [-0.4, -0.2) is 23.5 Å². The number of carboxylic acids is 1. The first-order valence-corrected chi connectivity index (χ1v) is 5.77. The lowest BCUT2D eigenvalue weighted by molar-refractivity contribution is -0.143. The Bertz CT molecular complexity index is 249. The molecule has 0 aliphatic carbocycles. The second-order valence-electron chi connectivity index (χ2n) is 4.97. The summed E-state index contributed by atoms with van der Waals surface area (Å²) in [6.45, 7) is 9.70. The molecule has 0 aliphatic heterocycles. The maximum atomic E-state index is 11.6. The Kier molecular flexibility index (Phi) is 6.08. The van der Waals surface area contributed by atoms with Crippen LogP contribution in [-0.2, 0) is 9.59 Å². The molecule has 0 aliphatic rings. The summed E-state index contributed by atoms with van der Waals surface area (Å²) >= 11 is 0. The molecule has 2 atom stereocenters. The molecule has 0 heterocycles. The average molecular weight is 229 g/mol. The van der Waals surface area contributed by atoms with Gasteiger partial charge in [0.15, 0.2) is 0 Å². The maximum absolute atomic E-state index is 11.6. The van der Waals surface area contributed by atoms with Gasteiger partial charge in [0.2, 0.25) is 5.91 Å². The number of carbonyl (C=O) groups excluding carboxylic acids is 1. The highest BCUT2D eigenvalue weighted by Crippen LogP contribution is 2.12. The third-order valence-corrected chi connectivity index (χ3v) is 3.03. The summed E-state index contributed by atoms with van der Waals surface area (Å²) in [5.74, 6) is -1.23. The molecule has 2 N–H and O–H groups in total. The van der Waals surface area contributed by atoms with Crippen LogP contribution in [0.3, 0.4) is 0 Å². The fraction of sp³-hybridized carbons (Fsp3) is 0.833. The second kappa shape index (κ2) is 6.51. The first-order chi connectivity index (χ1) is 7.27. The zero-order chi connectivity index (χ0) is 12.9. The first kappa shape index (κ1) is 14.9.